The van der Waals surface area contributed by atoms with Crippen LogP contribution >= 0.6 is 0 Å². The molecule has 0 fully saturated rings. The predicted octanol–water partition coefficient (Wildman–Crippen LogP) is 5.69. The van der Waals surface area contributed by atoms with Crippen molar-refractivity contribution in [1.82, 2.24) is 9.55 Å². The molecule has 0 aliphatic heterocycles. The number of methoxy groups -OCH3 is 1. The zero-order valence-corrected chi connectivity index (χ0v) is 19.2. The van der Waals surface area contributed by atoms with E-state index in [-0.39, 0.29) is 0 Å². The largest absolute Gasteiger partial charge is 0.494 e. The molecule has 170 valence electrons. The zero-order valence-electron chi connectivity index (χ0n) is 19.2. The fraction of sp³-hybridized carbons (Fsp3) is 0.222. The maximum Gasteiger partial charge on any atom is 0.203 e. The van der Waals surface area contributed by atoms with Crippen molar-refractivity contribution in [2.24, 2.45) is 7.05 Å². The number of aromatic nitrogens is 2. The second-order valence-electron chi connectivity index (χ2n) is 7.60. The Kier molecular flexibility index (Phi) is 7.15. The number of hydrogen-bond acceptors (Lipinski definition) is 5. The Morgan fingerprint density at radius 2 is 1.67 bits per heavy atom. The van der Waals surface area contributed by atoms with Crippen molar-refractivity contribution in [1.29, 1.82) is 0 Å². The van der Waals surface area contributed by atoms with Crippen molar-refractivity contribution >= 4 is 5.95 Å². The summed E-state index contributed by atoms with van der Waals surface area (Å²) >= 11 is 0. The van der Waals surface area contributed by atoms with Gasteiger partial charge in [-0.15, -0.1) is 0 Å². The molecule has 0 atom stereocenters. The molecule has 0 bridgehead atoms. The van der Waals surface area contributed by atoms with Crippen LogP contribution in [0, 0.1) is 0 Å². The maximum absolute atomic E-state index is 5.96. The molecule has 0 amide bonds. The fourth-order valence-electron chi connectivity index (χ4n) is 3.59. The number of benzene rings is 3. The van der Waals surface area contributed by atoms with Crippen molar-refractivity contribution in [3.63, 3.8) is 0 Å². The molecule has 0 radical (unpaired) electrons. The van der Waals surface area contributed by atoms with Crippen LogP contribution in [-0.2, 0) is 20.2 Å². The second kappa shape index (κ2) is 10.6. The van der Waals surface area contributed by atoms with E-state index in [2.05, 4.69) is 10.3 Å². The molecule has 4 rings (SSSR count). The summed E-state index contributed by atoms with van der Waals surface area (Å²) in [6.45, 7) is 3.75. The normalized spacial score (nSPS) is 10.6. The third-order valence-corrected chi connectivity index (χ3v) is 5.37. The van der Waals surface area contributed by atoms with Crippen LogP contribution in [0.3, 0.4) is 0 Å². The summed E-state index contributed by atoms with van der Waals surface area (Å²) in [6, 6.07) is 24.1. The van der Waals surface area contributed by atoms with E-state index in [1.807, 2.05) is 97.5 Å². The average Bonchev–Trinajstić information content (AvgIpc) is 3.23. The van der Waals surface area contributed by atoms with E-state index in [9.17, 15) is 0 Å². The monoisotopic (exact) mass is 443 g/mol. The molecule has 1 heterocycles. The van der Waals surface area contributed by atoms with Crippen molar-refractivity contribution < 1.29 is 14.2 Å². The Morgan fingerprint density at radius 3 is 2.39 bits per heavy atom. The van der Waals surface area contributed by atoms with Crippen molar-refractivity contribution in [2.75, 3.05) is 19.0 Å². The Labute approximate surface area is 194 Å². The summed E-state index contributed by atoms with van der Waals surface area (Å²) in [5.74, 6) is 3.09. The van der Waals surface area contributed by atoms with Gasteiger partial charge in [0.1, 0.15) is 12.4 Å². The molecule has 1 N–H and O–H groups in total. The summed E-state index contributed by atoms with van der Waals surface area (Å²) < 4.78 is 19.1. The van der Waals surface area contributed by atoms with Crippen molar-refractivity contribution in [3.8, 4) is 28.5 Å². The van der Waals surface area contributed by atoms with E-state index in [0.29, 0.717) is 25.5 Å². The molecular weight excluding hydrogens is 414 g/mol. The third-order valence-electron chi connectivity index (χ3n) is 5.37. The Morgan fingerprint density at radius 1 is 0.879 bits per heavy atom. The van der Waals surface area contributed by atoms with Gasteiger partial charge in [-0.1, -0.05) is 36.4 Å². The van der Waals surface area contributed by atoms with Gasteiger partial charge in [-0.05, 0) is 54.4 Å². The van der Waals surface area contributed by atoms with Gasteiger partial charge >= 0.3 is 0 Å². The molecular formula is C27H29N3O3. The summed E-state index contributed by atoms with van der Waals surface area (Å²) in [6.07, 6.45) is 1.87. The number of rotatable bonds is 10. The Bertz CT molecular complexity index is 1170. The van der Waals surface area contributed by atoms with Gasteiger partial charge in [0.2, 0.25) is 5.95 Å². The van der Waals surface area contributed by atoms with Gasteiger partial charge in [0.05, 0.1) is 25.6 Å². The minimum absolute atomic E-state index is 0.496. The average molecular weight is 444 g/mol. The minimum Gasteiger partial charge on any atom is -0.494 e. The van der Waals surface area contributed by atoms with E-state index < -0.39 is 0 Å². The van der Waals surface area contributed by atoms with Crippen LogP contribution in [0.15, 0.2) is 79.0 Å². The molecule has 4 aromatic rings. The van der Waals surface area contributed by atoms with Gasteiger partial charge in [-0.25, -0.2) is 4.98 Å². The van der Waals surface area contributed by atoms with Crippen LogP contribution in [-0.4, -0.2) is 23.3 Å². The standard InChI is InChI=1S/C27H29N3O3/c1-4-32-23-13-11-22(12-14-23)24-18-29-27(30(24)2)28-17-21-10-15-25(26(16-21)31-3)33-19-20-8-6-5-7-9-20/h5-16,18H,4,17,19H2,1-3H3,(H,28,29). The highest BCUT2D eigenvalue weighted by molar-refractivity contribution is 5.62. The first kappa shape index (κ1) is 22.3. The summed E-state index contributed by atoms with van der Waals surface area (Å²) in [5.41, 5.74) is 4.30. The molecule has 0 saturated carbocycles. The predicted molar refractivity (Wildman–Crippen MR) is 131 cm³/mol. The molecule has 0 spiro atoms. The first-order valence-electron chi connectivity index (χ1n) is 11.0. The SMILES string of the molecule is CCOc1ccc(-c2cnc(NCc3ccc(OCc4ccccc4)c(OC)c3)n2C)cc1. The van der Waals surface area contributed by atoms with Crippen LogP contribution in [0.25, 0.3) is 11.3 Å². The number of imidazole rings is 1. The molecule has 0 aliphatic carbocycles. The topological polar surface area (TPSA) is 57.5 Å². The van der Waals surface area contributed by atoms with Crippen LogP contribution < -0.4 is 19.5 Å². The Balaban J connectivity index is 1.40. The first-order chi connectivity index (χ1) is 16.2. The van der Waals surface area contributed by atoms with E-state index in [4.69, 9.17) is 14.2 Å². The van der Waals surface area contributed by atoms with E-state index in [1.165, 1.54) is 0 Å². The highest BCUT2D eigenvalue weighted by atomic mass is 16.5. The molecule has 6 heteroatoms. The quantitative estimate of drug-likeness (QED) is 0.341. The van der Waals surface area contributed by atoms with E-state index in [0.717, 1.165) is 39.8 Å². The summed E-state index contributed by atoms with van der Waals surface area (Å²) in [5, 5.41) is 3.41. The lowest BCUT2D eigenvalue weighted by atomic mass is 10.1. The van der Waals surface area contributed by atoms with Crippen LogP contribution in [0.2, 0.25) is 0 Å². The summed E-state index contributed by atoms with van der Waals surface area (Å²) in [4.78, 5) is 4.55. The molecule has 1 aromatic heterocycles. The first-order valence-corrected chi connectivity index (χ1v) is 11.0. The molecule has 0 aliphatic rings. The lowest BCUT2D eigenvalue weighted by molar-refractivity contribution is 0.284. The minimum atomic E-state index is 0.496. The van der Waals surface area contributed by atoms with E-state index >= 15 is 0 Å². The summed E-state index contributed by atoms with van der Waals surface area (Å²) in [7, 11) is 3.66. The number of anilines is 1. The molecule has 3 aromatic carbocycles. The van der Waals surface area contributed by atoms with Gasteiger partial charge in [-0.2, -0.15) is 0 Å². The molecule has 0 saturated heterocycles. The molecule has 33 heavy (non-hydrogen) atoms. The van der Waals surface area contributed by atoms with E-state index in [1.54, 1.807) is 7.11 Å². The van der Waals surface area contributed by atoms with Gasteiger partial charge in [0, 0.05) is 19.2 Å². The Hall–Kier alpha value is -3.93. The molecule has 6 nitrogen and oxygen atoms in total. The van der Waals surface area contributed by atoms with Gasteiger partial charge in [-0.3, -0.25) is 0 Å². The lowest BCUT2D eigenvalue weighted by Gasteiger charge is -2.13. The second-order valence-corrected chi connectivity index (χ2v) is 7.60. The van der Waals surface area contributed by atoms with Crippen LogP contribution in [0.5, 0.6) is 17.2 Å². The van der Waals surface area contributed by atoms with Crippen LogP contribution in [0.1, 0.15) is 18.1 Å². The third kappa shape index (κ3) is 5.47. The number of nitrogens with zero attached hydrogens (tertiary/aromatic N) is 2. The maximum atomic E-state index is 5.96. The zero-order chi connectivity index (χ0) is 23.0. The smallest absolute Gasteiger partial charge is 0.203 e. The van der Waals surface area contributed by atoms with Crippen molar-refractivity contribution in [3.05, 3.63) is 90.1 Å². The number of hydrogen-bond donors (Lipinski definition) is 1. The molecule has 0 unspecified atom stereocenters. The van der Waals surface area contributed by atoms with Gasteiger partial charge in [0.25, 0.3) is 0 Å². The fourth-order valence-corrected chi connectivity index (χ4v) is 3.59. The lowest BCUT2D eigenvalue weighted by Crippen LogP contribution is -2.06. The van der Waals surface area contributed by atoms with Gasteiger partial charge in [0.15, 0.2) is 11.5 Å². The van der Waals surface area contributed by atoms with Crippen molar-refractivity contribution in [2.45, 2.75) is 20.1 Å². The number of ether oxygens (including phenoxy) is 3. The number of nitrogens with one attached hydrogen (secondary N) is 1. The van der Waals surface area contributed by atoms with Crippen LogP contribution in [0.4, 0.5) is 5.95 Å². The highest BCUT2D eigenvalue weighted by Crippen LogP contribution is 2.29. The van der Waals surface area contributed by atoms with Gasteiger partial charge < -0.3 is 24.1 Å². The highest BCUT2D eigenvalue weighted by Gasteiger charge is 2.10.